The molecule has 1 aromatic heterocycles. The molecule has 0 radical (unpaired) electrons. The van der Waals surface area contributed by atoms with Crippen molar-refractivity contribution < 1.29 is 0 Å². The van der Waals surface area contributed by atoms with E-state index in [1.54, 1.807) is 6.20 Å². The molecule has 0 atom stereocenters. The number of nitrogen functional groups attached to an aromatic ring is 2. The van der Waals surface area contributed by atoms with E-state index in [0.717, 1.165) is 33.4 Å². The minimum Gasteiger partial charge on any atom is -0.398 e. The average molecular weight is 204 g/mol. The number of nitrogens with zero attached hydrogens (tertiary/aromatic N) is 1. The molecule has 0 bridgehead atoms. The molecule has 4 heteroatoms. The van der Waals surface area contributed by atoms with E-state index < -0.39 is 0 Å². The Balaban J connectivity index is 2.92. The largest absolute Gasteiger partial charge is 0.398 e. The lowest BCUT2D eigenvalue weighted by Crippen LogP contribution is -2.04. The van der Waals surface area contributed by atoms with Crippen LogP contribution < -0.4 is 11.5 Å². The Hall–Kier alpha value is -1.71. The molecule has 2 rings (SSSR count). The van der Waals surface area contributed by atoms with Crippen molar-refractivity contribution in [2.45, 2.75) is 26.7 Å². The molecule has 0 amide bonds. The van der Waals surface area contributed by atoms with Crippen LogP contribution in [0.15, 0.2) is 6.20 Å². The van der Waals surface area contributed by atoms with Gasteiger partial charge in [-0.3, -0.25) is 5.10 Å². The number of nitrogens with one attached hydrogen (secondary N) is 1. The number of anilines is 2. The van der Waals surface area contributed by atoms with Crippen molar-refractivity contribution in [2.75, 3.05) is 11.5 Å². The van der Waals surface area contributed by atoms with Gasteiger partial charge in [0.2, 0.25) is 0 Å². The Labute approximate surface area is 88.6 Å². The standard InChI is InChI=1S/C11H16N4/c1-5(2)8-6(3)9(12)7-4-14-15-11(7)10(8)13/h4-5H,12-13H2,1-3H3,(H,14,15). The number of benzene rings is 1. The summed E-state index contributed by atoms with van der Waals surface area (Å²) in [6.45, 7) is 6.23. The van der Waals surface area contributed by atoms with Gasteiger partial charge in [0.1, 0.15) is 0 Å². The molecule has 0 spiro atoms. The first-order valence-electron chi connectivity index (χ1n) is 5.04. The second kappa shape index (κ2) is 3.15. The molecular weight excluding hydrogens is 188 g/mol. The van der Waals surface area contributed by atoms with Crippen molar-refractivity contribution in [3.8, 4) is 0 Å². The molecule has 4 nitrogen and oxygen atoms in total. The van der Waals surface area contributed by atoms with E-state index in [0.29, 0.717) is 5.92 Å². The summed E-state index contributed by atoms with van der Waals surface area (Å²) in [5.41, 5.74) is 16.7. The van der Waals surface area contributed by atoms with Crippen molar-refractivity contribution in [1.82, 2.24) is 10.2 Å². The monoisotopic (exact) mass is 204 g/mol. The first-order chi connectivity index (χ1) is 7.04. The lowest BCUT2D eigenvalue weighted by molar-refractivity contribution is 0.862. The Morgan fingerprint density at radius 3 is 2.53 bits per heavy atom. The average Bonchev–Trinajstić information content (AvgIpc) is 2.62. The summed E-state index contributed by atoms with van der Waals surface area (Å²) in [5.74, 6) is 0.361. The summed E-state index contributed by atoms with van der Waals surface area (Å²) in [5, 5.41) is 7.79. The number of fused-ring (bicyclic) bond motifs is 1. The first kappa shape index (κ1) is 9.83. The van der Waals surface area contributed by atoms with Gasteiger partial charge >= 0.3 is 0 Å². The second-order valence-electron chi connectivity index (χ2n) is 4.18. The summed E-state index contributed by atoms with van der Waals surface area (Å²) in [6, 6.07) is 0. The predicted octanol–water partition coefficient (Wildman–Crippen LogP) is 2.16. The highest BCUT2D eigenvalue weighted by Gasteiger charge is 2.16. The summed E-state index contributed by atoms with van der Waals surface area (Å²) in [4.78, 5) is 0. The lowest BCUT2D eigenvalue weighted by atomic mass is 9.93. The van der Waals surface area contributed by atoms with Crippen molar-refractivity contribution in [3.05, 3.63) is 17.3 Å². The summed E-state index contributed by atoms with van der Waals surface area (Å²) < 4.78 is 0. The maximum Gasteiger partial charge on any atom is 0.0903 e. The zero-order valence-corrected chi connectivity index (χ0v) is 9.26. The molecule has 0 aliphatic heterocycles. The van der Waals surface area contributed by atoms with E-state index in [-0.39, 0.29) is 0 Å². The molecule has 80 valence electrons. The normalized spacial score (nSPS) is 11.5. The fourth-order valence-corrected chi connectivity index (χ4v) is 2.12. The molecular formula is C11H16N4. The third kappa shape index (κ3) is 1.25. The molecule has 1 heterocycles. The Kier molecular flexibility index (Phi) is 2.07. The van der Waals surface area contributed by atoms with Crippen molar-refractivity contribution in [2.24, 2.45) is 0 Å². The third-order valence-corrected chi connectivity index (χ3v) is 2.87. The lowest BCUT2D eigenvalue weighted by Gasteiger charge is -2.16. The zero-order valence-electron chi connectivity index (χ0n) is 9.26. The van der Waals surface area contributed by atoms with Gasteiger partial charge in [-0.25, -0.2) is 0 Å². The molecule has 1 aromatic carbocycles. The summed E-state index contributed by atoms with van der Waals surface area (Å²) in [6.07, 6.45) is 1.72. The molecule has 2 aromatic rings. The zero-order chi connectivity index (χ0) is 11.2. The van der Waals surface area contributed by atoms with Crippen LogP contribution in [-0.2, 0) is 0 Å². The minimum absolute atomic E-state index is 0.361. The predicted molar refractivity (Wildman–Crippen MR) is 63.7 cm³/mol. The van der Waals surface area contributed by atoms with Crippen LogP contribution in [-0.4, -0.2) is 10.2 Å². The maximum atomic E-state index is 6.11. The highest BCUT2D eigenvalue weighted by molar-refractivity contribution is 6.00. The van der Waals surface area contributed by atoms with Crippen LogP contribution in [0.5, 0.6) is 0 Å². The van der Waals surface area contributed by atoms with E-state index in [1.807, 2.05) is 6.92 Å². The highest BCUT2D eigenvalue weighted by atomic mass is 15.1. The molecule has 5 N–H and O–H groups in total. The Morgan fingerprint density at radius 1 is 1.27 bits per heavy atom. The van der Waals surface area contributed by atoms with Crippen molar-refractivity contribution in [3.63, 3.8) is 0 Å². The van der Waals surface area contributed by atoms with E-state index in [9.17, 15) is 0 Å². The molecule has 0 fully saturated rings. The van der Waals surface area contributed by atoms with Crippen LogP contribution in [0.3, 0.4) is 0 Å². The van der Waals surface area contributed by atoms with Crippen LogP contribution in [0, 0.1) is 6.92 Å². The van der Waals surface area contributed by atoms with Crippen molar-refractivity contribution >= 4 is 22.3 Å². The number of aromatic amines is 1. The number of hydrogen-bond acceptors (Lipinski definition) is 3. The third-order valence-electron chi connectivity index (χ3n) is 2.87. The van der Waals surface area contributed by atoms with Crippen LogP contribution in [0.4, 0.5) is 11.4 Å². The molecule has 0 unspecified atom stereocenters. The van der Waals surface area contributed by atoms with Crippen LogP contribution in [0.25, 0.3) is 10.9 Å². The van der Waals surface area contributed by atoms with Gasteiger partial charge < -0.3 is 11.5 Å². The van der Waals surface area contributed by atoms with Gasteiger partial charge in [-0.1, -0.05) is 13.8 Å². The number of hydrogen-bond donors (Lipinski definition) is 3. The van der Waals surface area contributed by atoms with Gasteiger partial charge in [-0.15, -0.1) is 0 Å². The van der Waals surface area contributed by atoms with Crippen LogP contribution in [0.1, 0.15) is 30.9 Å². The van der Waals surface area contributed by atoms with E-state index in [4.69, 9.17) is 11.5 Å². The molecule has 15 heavy (non-hydrogen) atoms. The Morgan fingerprint density at radius 2 is 1.93 bits per heavy atom. The maximum absolute atomic E-state index is 6.11. The quantitative estimate of drug-likeness (QED) is 0.622. The second-order valence-corrected chi connectivity index (χ2v) is 4.18. The Bertz CT molecular complexity index is 511. The molecule has 0 aliphatic rings. The number of nitrogens with two attached hydrogens (primary N) is 2. The number of H-pyrrole nitrogens is 1. The van der Waals surface area contributed by atoms with Crippen LogP contribution >= 0.6 is 0 Å². The topological polar surface area (TPSA) is 80.7 Å². The fourth-order valence-electron chi connectivity index (χ4n) is 2.12. The number of rotatable bonds is 1. The number of aromatic nitrogens is 2. The first-order valence-corrected chi connectivity index (χ1v) is 5.04. The molecule has 0 saturated carbocycles. The van der Waals surface area contributed by atoms with Gasteiger partial charge in [0.15, 0.2) is 0 Å². The fraction of sp³-hybridized carbons (Fsp3) is 0.364. The van der Waals surface area contributed by atoms with Gasteiger partial charge in [-0.2, -0.15) is 5.10 Å². The molecule has 0 aliphatic carbocycles. The van der Waals surface area contributed by atoms with E-state index in [1.165, 1.54) is 0 Å². The molecule has 0 saturated heterocycles. The summed E-state index contributed by atoms with van der Waals surface area (Å²) >= 11 is 0. The summed E-state index contributed by atoms with van der Waals surface area (Å²) in [7, 11) is 0. The van der Waals surface area contributed by atoms with E-state index >= 15 is 0 Å². The van der Waals surface area contributed by atoms with Crippen molar-refractivity contribution in [1.29, 1.82) is 0 Å². The smallest absolute Gasteiger partial charge is 0.0903 e. The van der Waals surface area contributed by atoms with Gasteiger partial charge in [0.05, 0.1) is 17.4 Å². The van der Waals surface area contributed by atoms with Gasteiger partial charge in [0.25, 0.3) is 0 Å². The SMILES string of the molecule is Cc1c(C(C)C)c(N)c2[nH]ncc2c1N. The van der Waals surface area contributed by atoms with Gasteiger partial charge in [-0.05, 0) is 24.0 Å². The highest BCUT2D eigenvalue weighted by Crippen LogP contribution is 2.36. The van der Waals surface area contributed by atoms with Crippen LogP contribution in [0.2, 0.25) is 0 Å². The van der Waals surface area contributed by atoms with E-state index in [2.05, 4.69) is 24.0 Å². The van der Waals surface area contributed by atoms with Gasteiger partial charge in [0, 0.05) is 11.1 Å². The minimum atomic E-state index is 0.361.